The van der Waals surface area contributed by atoms with Gasteiger partial charge in [-0.05, 0) is 39.0 Å². The zero-order chi connectivity index (χ0) is 21.2. The molecule has 0 bridgehead atoms. The summed E-state index contributed by atoms with van der Waals surface area (Å²) in [6, 6.07) is 0. The number of allylic oxidation sites excluding steroid dienone is 6. The molecule has 0 radical (unpaired) electrons. The number of carbonyl (C=O) groups is 4. The summed E-state index contributed by atoms with van der Waals surface area (Å²) in [5.74, 6) is -1.96. The molecule has 0 atom stereocenters. The molecule has 0 aliphatic carbocycles. The summed E-state index contributed by atoms with van der Waals surface area (Å²) in [6.07, 6.45) is 3.17. The number of aliphatic carboxylic acids is 1. The number of ketones is 3. The first-order valence-electron chi connectivity index (χ1n) is 6.88. The van der Waals surface area contributed by atoms with E-state index in [0.717, 1.165) is 25.2 Å². The average Bonchev–Trinajstić information content (AvgIpc) is 2.22. The Morgan fingerprint density at radius 3 is 0.704 bits per heavy atom. The van der Waals surface area contributed by atoms with Gasteiger partial charge in [-0.3, -0.25) is 19.2 Å². The summed E-state index contributed by atoms with van der Waals surface area (Å²) in [6.45, 7) is 9.18. The van der Waals surface area contributed by atoms with Gasteiger partial charge in [-0.25, -0.2) is 0 Å². The Kier molecular flexibility index (Phi) is 39.5. The predicted molar refractivity (Wildman–Crippen MR) is 86.6 cm³/mol. The zero-order valence-corrected chi connectivity index (χ0v) is 22.9. The third kappa shape index (κ3) is 114. The molecule has 0 saturated carbocycles. The third-order valence-electron chi connectivity index (χ3n) is 1.22. The van der Waals surface area contributed by atoms with Crippen LogP contribution in [0.5, 0.6) is 0 Å². The molecule has 0 aliphatic rings. The van der Waals surface area contributed by atoms with Gasteiger partial charge in [-0.15, -0.1) is 17.3 Å². The van der Waals surface area contributed by atoms with Crippen molar-refractivity contribution in [3.8, 4) is 0 Å². The van der Waals surface area contributed by atoms with Crippen LogP contribution in [-0.2, 0) is 58.1 Å². The van der Waals surface area contributed by atoms with Crippen molar-refractivity contribution in [2.45, 2.75) is 48.5 Å². The minimum Gasteiger partial charge on any atom is -0.876 e. The summed E-state index contributed by atoms with van der Waals surface area (Å²) in [4.78, 5) is 38.9. The molecule has 0 aliphatic heterocycles. The maximum atomic E-state index is 9.98. The van der Waals surface area contributed by atoms with Gasteiger partial charge in [0, 0.05) is 26.4 Å². The van der Waals surface area contributed by atoms with Crippen molar-refractivity contribution in [2.75, 3.05) is 0 Å². The molecule has 0 aromatic heterocycles. The van der Waals surface area contributed by atoms with E-state index in [1.165, 1.54) is 41.5 Å². The number of carbonyl (C=O) groups excluding carboxylic acids is 3. The van der Waals surface area contributed by atoms with E-state index in [0.29, 0.717) is 0 Å². The molecular formula is C17H25O8Zn2-. The van der Waals surface area contributed by atoms with Crippen molar-refractivity contribution in [1.82, 2.24) is 0 Å². The van der Waals surface area contributed by atoms with Crippen molar-refractivity contribution < 1.29 is 78.6 Å². The first kappa shape index (κ1) is 40.1. The van der Waals surface area contributed by atoms with Gasteiger partial charge >= 0.3 is 19.5 Å². The molecule has 0 fully saturated rings. The fourth-order valence-corrected chi connectivity index (χ4v) is 0.859. The van der Waals surface area contributed by atoms with Crippen LogP contribution in [0.25, 0.3) is 0 Å². The van der Waals surface area contributed by atoms with E-state index in [9.17, 15) is 29.7 Å². The van der Waals surface area contributed by atoms with Crippen molar-refractivity contribution >= 4 is 23.3 Å². The molecular weight excluding hydrogens is 463 g/mol. The molecule has 146 valence electrons. The maximum absolute atomic E-state index is 9.98. The van der Waals surface area contributed by atoms with Gasteiger partial charge in [-0.2, -0.15) is 0 Å². The van der Waals surface area contributed by atoms with Gasteiger partial charge in [0.05, 0.1) is 0 Å². The first-order valence-corrected chi connectivity index (χ1v) is 6.88. The number of rotatable bonds is 3. The van der Waals surface area contributed by atoms with Gasteiger partial charge in [0.2, 0.25) is 0 Å². The largest absolute Gasteiger partial charge is 2.00 e. The molecule has 0 heterocycles. The Hall–Kier alpha value is -1.65. The maximum Gasteiger partial charge on any atom is 2.00 e. The normalized spacial score (nSPS) is 9.81. The second-order valence-corrected chi connectivity index (χ2v) is 4.62. The second kappa shape index (κ2) is 26.6. The first-order chi connectivity index (χ1) is 11.1. The van der Waals surface area contributed by atoms with Crippen LogP contribution in [0.3, 0.4) is 0 Å². The monoisotopic (exact) mass is 485 g/mol. The van der Waals surface area contributed by atoms with E-state index in [2.05, 4.69) is 0 Å². The van der Waals surface area contributed by atoms with Crippen LogP contribution in [-0.4, -0.2) is 28.4 Å². The Morgan fingerprint density at radius 1 is 0.593 bits per heavy atom. The van der Waals surface area contributed by atoms with E-state index in [-0.39, 0.29) is 73.6 Å². The zero-order valence-electron chi connectivity index (χ0n) is 17.0. The topological polar surface area (TPSA) is 158 Å². The number of carboxylic acid groups (broad SMARTS) is 1. The van der Waals surface area contributed by atoms with E-state index in [4.69, 9.17) is 9.90 Å². The van der Waals surface area contributed by atoms with Gasteiger partial charge in [0.15, 0.2) is 17.3 Å². The van der Waals surface area contributed by atoms with Crippen molar-refractivity contribution in [3.63, 3.8) is 0 Å². The van der Waals surface area contributed by atoms with Crippen LogP contribution < -0.4 is 15.3 Å². The van der Waals surface area contributed by atoms with Gasteiger partial charge in [-0.1, -0.05) is 20.8 Å². The van der Waals surface area contributed by atoms with Gasteiger partial charge in [0.1, 0.15) is 0 Å². The molecule has 0 rings (SSSR count). The summed E-state index contributed by atoms with van der Waals surface area (Å²) in [5, 5.41) is 37.4. The molecule has 0 amide bonds. The standard InChI is InChI=1S/3C5H8O2.C2H4O2.2Zn/c3*1-4(6)3-5(2)7;1-2(3)4;;/h3*3,6H,1-2H3;1H3,(H,3,4);;/q;;;;;+2/p-3/b3*4-3-;;;. The Bertz CT molecular complexity index is 452. The Labute approximate surface area is 185 Å². The predicted octanol–water partition coefficient (Wildman–Crippen LogP) is -0.396. The van der Waals surface area contributed by atoms with Crippen molar-refractivity contribution in [1.29, 1.82) is 0 Å². The average molecular weight is 488 g/mol. The summed E-state index contributed by atoms with van der Waals surface area (Å²) >= 11 is 0. The SMILES string of the molecule is CC(=O)/C=C(/C)[O-].CC(=O)/C=C(/C)[O-].CC(=O)/C=C(/C)[O-].CC(=O)O.[Zn+2].[Zn]. The minimum absolute atomic E-state index is 0. The summed E-state index contributed by atoms with van der Waals surface area (Å²) < 4.78 is 0. The molecule has 0 spiro atoms. The number of hydrogen-bond acceptors (Lipinski definition) is 7. The summed E-state index contributed by atoms with van der Waals surface area (Å²) in [7, 11) is 0. The Balaban J connectivity index is -0.0000000541. The van der Waals surface area contributed by atoms with Crippen molar-refractivity contribution in [3.05, 3.63) is 35.5 Å². The number of carboxylic acids is 1. The van der Waals surface area contributed by atoms with Crippen LogP contribution in [0.2, 0.25) is 0 Å². The fourth-order valence-electron chi connectivity index (χ4n) is 0.859. The fraction of sp³-hybridized carbons (Fsp3) is 0.412. The molecule has 1 N–H and O–H groups in total. The quantitative estimate of drug-likeness (QED) is 0.320. The summed E-state index contributed by atoms with van der Waals surface area (Å²) in [5.41, 5.74) is 0. The van der Waals surface area contributed by atoms with Crippen LogP contribution in [0.1, 0.15) is 48.5 Å². The molecule has 0 unspecified atom stereocenters. The van der Waals surface area contributed by atoms with Gasteiger partial charge in [0.25, 0.3) is 5.97 Å². The van der Waals surface area contributed by atoms with E-state index in [1.807, 2.05) is 0 Å². The van der Waals surface area contributed by atoms with Gasteiger partial charge < -0.3 is 20.4 Å². The number of hydrogen-bond donors (Lipinski definition) is 1. The van der Waals surface area contributed by atoms with Crippen molar-refractivity contribution in [2.24, 2.45) is 0 Å². The minimum atomic E-state index is -0.833. The molecule has 27 heavy (non-hydrogen) atoms. The van der Waals surface area contributed by atoms with Crippen LogP contribution >= 0.6 is 0 Å². The van der Waals surface area contributed by atoms with Crippen LogP contribution in [0, 0.1) is 0 Å². The molecule has 8 nitrogen and oxygen atoms in total. The third-order valence-corrected chi connectivity index (χ3v) is 1.22. The smallest absolute Gasteiger partial charge is 0.876 e. The van der Waals surface area contributed by atoms with Crippen LogP contribution in [0.15, 0.2) is 35.5 Å². The molecule has 0 aromatic carbocycles. The van der Waals surface area contributed by atoms with E-state index in [1.54, 1.807) is 0 Å². The Morgan fingerprint density at radius 2 is 0.704 bits per heavy atom. The van der Waals surface area contributed by atoms with Crippen LogP contribution in [0.4, 0.5) is 0 Å². The second-order valence-electron chi connectivity index (χ2n) is 4.62. The molecule has 10 heteroatoms. The molecule has 0 aromatic rings. The van der Waals surface area contributed by atoms with E-state index < -0.39 is 5.97 Å². The van der Waals surface area contributed by atoms with E-state index >= 15 is 0 Å². The molecule has 0 saturated heterocycles.